The van der Waals surface area contributed by atoms with Crippen LogP contribution >= 0.6 is 22.6 Å². The zero-order chi connectivity index (χ0) is 22.8. The van der Waals surface area contributed by atoms with Gasteiger partial charge >= 0.3 is 5.97 Å². The Bertz CT molecular complexity index is 1160. The Morgan fingerprint density at radius 3 is 2.61 bits per heavy atom. The fraction of sp³-hybridized carbons (Fsp3) is 0.333. The Labute approximate surface area is 205 Å². The largest absolute Gasteiger partial charge is 0.457 e. The first-order valence-corrected chi connectivity index (χ1v) is 12.1. The summed E-state index contributed by atoms with van der Waals surface area (Å²) in [5, 5.41) is 4.12. The monoisotopic (exact) mass is 557 g/mol. The van der Waals surface area contributed by atoms with Crippen molar-refractivity contribution in [3.8, 4) is 5.69 Å². The Morgan fingerprint density at radius 1 is 1.09 bits per heavy atom. The number of hydrogen-bond donors (Lipinski definition) is 0. The lowest BCUT2D eigenvalue weighted by Gasteiger charge is -2.35. The van der Waals surface area contributed by atoms with Gasteiger partial charge < -0.3 is 9.64 Å². The molecule has 1 amide bonds. The SMILES string of the molecule is O=C1OCc2cc(CCN3CCN(C(=O)Cc4ccc(-n5cncn5)cc4)CC3)c(I)cc21. The van der Waals surface area contributed by atoms with Crippen LogP contribution in [0.1, 0.15) is 27.0 Å². The number of fused-ring (bicyclic) bond motifs is 1. The van der Waals surface area contributed by atoms with Crippen molar-refractivity contribution < 1.29 is 14.3 Å². The van der Waals surface area contributed by atoms with Crippen LogP contribution in [0.15, 0.2) is 49.1 Å². The first-order valence-electron chi connectivity index (χ1n) is 11.0. The average molecular weight is 557 g/mol. The first-order chi connectivity index (χ1) is 16.1. The maximum atomic E-state index is 12.8. The molecule has 2 aliphatic heterocycles. The molecule has 8 nitrogen and oxygen atoms in total. The lowest BCUT2D eigenvalue weighted by Crippen LogP contribution is -2.49. The number of nitrogens with zero attached hydrogens (tertiary/aromatic N) is 5. The first kappa shape index (κ1) is 22.0. The summed E-state index contributed by atoms with van der Waals surface area (Å²) in [6.07, 6.45) is 4.48. The second-order valence-corrected chi connectivity index (χ2v) is 9.49. The molecule has 2 aliphatic rings. The Balaban J connectivity index is 1.10. The number of hydrogen-bond acceptors (Lipinski definition) is 6. The third kappa shape index (κ3) is 4.93. The molecule has 1 fully saturated rings. The van der Waals surface area contributed by atoms with Gasteiger partial charge in [0, 0.05) is 41.9 Å². The number of ether oxygens (including phenoxy) is 1. The van der Waals surface area contributed by atoms with E-state index in [1.54, 1.807) is 11.0 Å². The van der Waals surface area contributed by atoms with Crippen molar-refractivity contribution in [1.82, 2.24) is 24.6 Å². The molecule has 2 aromatic carbocycles. The Hall–Kier alpha value is -2.79. The van der Waals surface area contributed by atoms with Crippen molar-refractivity contribution >= 4 is 34.5 Å². The van der Waals surface area contributed by atoms with Crippen LogP contribution in [0.25, 0.3) is 5.69 Å². The van der Waals surface area contributed by atoms with E-state index in [-0.39, 0.29) is 11.9 Å². The van der Waals surface area contributed by atoms with E-state index in [2.05, 4.69) is 43.6 Å². The van der Waals surface area contributed by atoms with E-state index in [4.69, 9.17) is 4.74 Å². The van der Waals surface area contributed by atoms with Crippen molar-refractivity contribution in [1.29, 1.82) is 0 Å². The van der Waals surface area contributed by atoms with Gasteiger partial charge in [0.25, 0.3) is 0 Å². The van der Waals surface area contributed by atoms with E-state index in [9.17, 15) is 9.59 Å². The standard InChI is InChI=1S/C24H24IN5O3/c25-22-13-21-19(14-33-24(21)32)12-18(22)5-6-28-7-9-29(10-8-28)23(31)11-17-1-3-20(4-2-17)30-16-26-15-27-30/h1-4,12-13,15-16H,5-11,14H2. The van der Waals surface area contributed by atoms with Gasteiger partial charge in [0.1, 0.15) is 19.3 Å². The molecular formula is C24H24IN5O3. The number of halogens is 1. The van der Waals surface area contributed by atoms with Gasteiger partial charge in [0.2, 0.25) is 5.91 Å². The van der Waals surface area contributed by atoms with Crippen LogP contribution in [0, 0.1) is 3.57 Å². The third-order valence-corrected chi connectivity index (χ3v) is 7.25. The number of amides is 1. The molecule has 0 unspecified atom stereocenters. The summed E-state index contributed by atoms with van der Waals surface area (Å²) in [6.45, 7) is 4.57. The van der Waals surface area contributed by atoms with E-state index in [0.717, 1.165) is 59.5 Å². The van der Waals surface area contributed by atoms with Crippen molar-refractivity contribution in [3.63, 3.8) is 0 Å². The number of carbonyl (C=O) groups is 2. The Morgan fingerprint density at radius 2 is 1.88 bits per heavy atom. The lowest BCUT2D eigenvalue weighted by molar-refractivity contribution is -0.132. The van der Waals surface area contributed by atoms with Gasteiger partial charge in [-0.3, -0.25) is 9.69 Å². The number of rotatable bonds is 6. The van der Waals surface area contributed by atoms with Gasteiger partial charge in [0.05, 0.1) is 17.7 Å². The lowest BCUT2D eigenvalue weighted by atomic mass is 10.0. The summed E-state index contributed by atoms with van der Waals surface area (Å²) in [5.74, 6) is -0.0533. The molecule has 0 N–H and O–H groups in total. The number of aromatic nitrogens is 3. The molecular weight excluding hydrogens is 533 g/mol. The highest BCUT2D eigenvalue weighted by atomic mass is 127. The molecule has 0 spiro atoms. The van der Waals surface area contributed by atoms with E-state index in [1.165, 1.54) is 11.9 Å². The Kier molecular flexibility index (Phi) is 6.41. The highest BCUT2D eigenvalue weighted by Crippen LogP contribution is 2.26. The van der Waals surface area contributed by atoms with Gasteiger partial charge in [-0.2, -0.15) is 5.10 Å². The molecule has 3 heterocycles. The molecule has 0 bridgehead atoms. The molecule has 0 radical (unpaired) electrons. The van der Waals surface area contributed by atoms with Crippen molar-refractivity contribution in [2.24, 2.45) is 0 Å². The van der Waals surface area contributed by atoms with E-state index < -0.39 is 0 Å². The van der Waals surface area contributed by atoms with Gasteiger partial charge in [-0.1, -0.05) is 18.2 Å². The summed E-state index contributed by atoms with van der Waals surface area (Å²) >= 11 is 2.30. The number of piperazine rings is 1. The predicted octanol–water partition coefficient (Wildman–Crippen LogP) is 2.47. The van der Waals surface area contributed by atoms with Crippen LogP contribution in [0.3, 0.4) is 0 Å². The minimum absolute atomic E-state index is 0.168. The van der Waals surface area contributed by atoms with E-state index in [1.807, 2.05) is 35.2 Å². The van der Waals surface area contributed by atoms with Gasteiger partial charge in [-0.05, 0) is 58.3 Å². The maximum Gasteiger partial charge on any atom is 0.338 e. The summed E-state index contributed by atoms with van der Waals surface area (Å²) < 4.78 is 7.93. The average Bonchev–Trinajstić information content (AvgIpc) is 3.49. The molecule has 5 rings (SSSR count). The second kappa shape index (κ2) is 9.60. The fourth-order valence-electron chi connectivity index (χ4n) is 4.29. The van der Waals surface area contributed by atoms with Crippen molar-refractivity contribution in [2.75, 3.05) is 32.7 Å². The summed E-state index contributed by atoms with van der Waals surface area (Å²) in [7, 11) is 0. The van der Waals surface area contributed by atoms with Gasteiger partial charge in [0.15, 0.2) is 0 Å². The minimum Gasteiger partial charge on any atom is -0.457 e. The molecule has 1 saturated heterocycles. The van der Waals surface area contributed by atoms with Crippen LogP contribution in [0.5, 0.6) is 0 Å². The summed E-state index contributed by atoms with van der Waals surface area (Å²) in [6, 6.07) is 11.9. The predicted molar refractivity (Wildman–Crippen MR) is 130 cm³/mol. The van der Waals surface area contributed by atoms with Crippen molar-refractivity contribution in [2.45, 2.75) is 19.4 Å². The van der Waals surface area contributed by atoms with Crippen LogP contribution in [-0.2, 0) is 29.0 Å². The normalized spacial score (nSPS) is 16.0. The molecule has 9 heteroatoms. The summed E-state index contributed by atoms with van der Waals surface area (Å²) in [5.41, 5.74) is 4.86. The number of esters is 1. The second-order valence-electron chi connectivity index (χ2n) is 8.33. The molecule has 33 heavy (non-hydrogen) atoms. The van der Waals surface area contributed by atoms with Gasteiger partial charge in [-0.15, -0.1) is 0 Å². The van der Waals surface area contributed by atoms with Crippen molar-refractivity contribution in [3.05, 3.63) is 74.9 Å². The van der Waals surface area contributed by atoms with Crippen LogP contribution in [0.2, 0.25) is 0 Å². The zero-order valence-corrected chi connectivity index (χ0v) is 20.3. The summed E-state index contributed by atoms with van der Waals surface area (Å²) in [4.78, 5) is 32.8. The quantitative estimate of drug-likeness (QED) is 0.343. The minimum atomic E-state index is -0.221. The fourth-order valence-corrected chi connectivity index (χ4v) is 5.02. The molecule has 0 aliphatic carbocycles. The zero-order valence-electron chi connectivity index (χ0n) is 18.1. The third-order valence-electron chi connectivity index (χ3n) is 6.25. The smallest absolute Gasteiger partial charge is 0.338 e. The van der Waals surface area contributed by atoms with Crippen LogP contribution < -0.4 is 0 Å². The molecule has 3 aromatic rings. The number of benzene rings is 2. The molecule has 0 saturated carbocycles. The number of cyclic esters (lactones) is 1. The van der Waals surface area contributed by atoms with Crippen LogP contribution in [0.4, 0.5) is 0 Å². The maximum absolute atomic E-state index is 12.8. The van der Waals surface area contributed by atoms with Crippen LogP contribution in [-0.4, -0.2) is 69.2 Å². The number of carbonyl (C=O) groups excluding carboxylic acids is 2. The topological polar surface area (TPSA) is 80.6 Å². The van der Waals surface area contributed by atoms with E-state index >= 15 is 0 Å². The molecule has 0 atom stereocenters. The highest BCUT2D eigenvalue weighted by molar-refractivity contribution is 14.1. The molecule has 1 aromatic heterocycles. The molecule has 170 valence electrons. The van der Waals surface area contributed by atoms with Gasteiger partial charge in [-0.25, -0.2) is 14.5 Å². The highest BCUT2D eigenvalue weighted by Gasteiger charge is 2.24. The van der Waals surface area contributed by atoms with E-state index in [0.29, 0.717) is 18.6 Å².